The number of alkyl halides is 1. The molecule has 382 valence electrons. The minimum absolute atomic E-state index is 0.00310. The van der Waals surface area contributed by atoms with Crippen molar-refractivity contribution in [2.75, 3.05) is 46.9 Å². The molecule has 5 bridgehead atoms. The van der Waals surface area contributed by atoms with Gasteiger partial charge in [-0.1, -0.05) is 75.4 Å². The van der Waals surface area contributed by atoms with Crippen molar-refractivity contribution in [3.63, 3.8) is 0 Å². The molecule has 7 aliphatic rings. The molecule has 18 nitrogen and oxygen atoms in total. The van der Waals surface area contributed by atoms with E-state index in [-0.39, 0.29) is 56.7 Å². The lowest BCUT2D eigenvalue weighted by Crippen LogP contribution is -2.51. The maximum atomic E-state index is 14.9. The number of aliphatic hydroxyl groups excluding tert-OH is 2. The van der Waals surface area contributed by atoms with Gasteiger partial charge in [-0.3, -0.25) is 29.0 Å². The molecular formula is C51H69IN6O12. The van der Waals surface area contributed by atoms with E-state index in [1.165, 1.54) is 39.4 Å². The van der Waals surface area contributed by atoms with Crippen LogP contribution in [0.1, 0.15) is 106 Å². The summed E-state index contributed by atoms with van der Waals surface area (Å²) in [6.45, 7) is 17.3. The zero-order valence-electron chi connectivity index (χ0n) is 41.8. The molecule has 8 rings (SSSR count). The fraction of sp³-hybridized carbons (Fsp3) is 0.608. The molecule has 11 atom stereocenters. The summed E-state index contributed by atoms with van der Waals surface area (Å²) in [4.78, 5) is 80.0. The molecule has 6 N–H and O–H groups in total. The first-order valence-electron chi connectivity index (χ1n) is 24.2. The molecule has 1 aromatic rings. The third kappa shape index (κ3) is 10.6. The van der Waals surface area contributed by atoms with Crippen molar-refractivity contribution in [3.05, 3.63) is 69.8 Å². The fourth-order valence-electron chi connectivity index (χ4n) is 10.6. The molecule has 2 fully saturated rings. The number of Topliss-reactive ketones (excluding diaryl/α,β-unsaturated/α-hetero) is 2. The average molecular weight is 1090 g/mol. The number of nitrogens with one attached hydrogen (secondary N) is 3. The fourth-order valence-corrected chi connectivity index (χ4v) is 11.1. The number of hydrogen-bond donors (Lipinski definition) is 6. The van der Waals surface area contributed by atoms with Crippen molar-refractivity contribution < 1.29 is 58.2 Å². The normalized spacial score (nSPS) is 33.8. The number of halogens is 1. The summed E-state index contributed by atoms with van der Waals surface area (Å²) in [5.74, 6) is -8.61. The molecule has 6 aliphatic heterocycles. The molecular weight excluding hydrogens is 1020 g/mol. The molecule has 2 unspecified atom stereocenters. The van der Waals surface area contributed by atoms with Crippen LogP contribution < -0.4 is 20.7 Å². The van der Waals surface area contributed by atoms with Crippen LogP contribution in [0.25, 0.3) is 0 Å². The van der Waals surface area contributed by atoms with Gasteiger partial charge in [-0.15, -0.1) is 0 Å². The highest BCUT2D eigenvalue weighted by molar-refractivity contribution is 14.1. The van der Waals surface area contributed by atoms with Crippen molar-refractivity contribution >= 4 is 57.7 Å². The van der Waals surface area contributed by atoms with Crippen LogP contribution in [0.4, 0.5) is 0 Å². The van der Waals surface area contributed by atoms with Gasteiger partial charge in [0.05, 0.1) is 47.1 Å². The first-order chi connectivity index (χ1) is 33.0. The number of ether oxygens (including phenoxy) is 4. The summed E-state index contributed by atoms with van der Waals surface area (Å²) >= 11 is 2.40. The molecule has 2 amide bonds. The van der Waals surface area contributed by atoms with Crippen molar-refractivity contribution in [1.29, 1.82) is 0 Å². The number of aromatic hydroxyl groups is 1. The van der Waals surface area contributed by atoms with Gasteiger partial charge in [-0.2, -0.15) is 0 Å². The maximum Gasteiger partial charge on any atom is 0.315 e. The highest BCUT2D eigenvalue weighted by atomic mass is 127. The molecule has 1 spiro atoms. The van der Waals surface area contributed by atoms with Gasteiger partial charge in [0, 0.05) is 103 Å². The summed E-state index contributed by atoms with van der Waals surface area (Å²) in [6.07, 6.45) is 4.59. The van der Waals surface area contributed by atoms with E-state index in [9.17, 15) is 39.3 Å². The molecule has 0 radical (unpaired) electrons. The summed E-state index contributed by atoms with van der Waals surface area (Å²) in [5, 5.41) is 44.6. The van der Waals surface area contributed by atoms with Gasteiger partial charge < -0.3 is 60.0 Å². The number of allylic oxidation sites excluding steroid dienone is 4. The smallest absolute Gasteiger partial charge is 0.315 e. The summed E-state index contributed by atoms with van der Waals surface area (Å²) in [7, 11) is 3.39. The lowest BCUT2D eigenvalue weighted by atomic mass is 9.78. The van der Waals surface area contributed by atoms with Gasteiger partial charge in [0.25, 0.3) is 11.7 Å². The van der Waals surface area contributed by atoms with Crippen LogP contribution in [-0.4, -0.2) is 153 Å². The number of phenolic OH excluding ortho intramolecular Hbond substituents is 1. The van der Waals surface area contributed by atoms with Gasteiger partial charge in [-0.05, 0) is 39.9 Å². The third-order valence-corrected chi connectivity index (χ3v) is 15.3. The van der Waals surface area contributed by atoms with Crippen molar-refractivity contribution in [2.24, 2.45) is 28.7 Å². The zero-order valence-corrected chi connectivity index (χ0v) is 43.9. The Balaban J connectivity index is 1.28. The molecule has 1 aromatic carbocycles. The Morgan fingerprint density at radius 3 is 2.34 bits per heavy atom. The van der Waals surface area contributed by atoms with Crippen LogP contribution in [-0.2, 0) is 28.6 Å². The number of carbonyl (C=O) groups is 5. The number of aliphatic hydroxyl groups is 2. The van der Waals surface area contributed by atoms with Crippen LogP contribution in [0.3, 0.4) is 0 Å². The van der Waals surface area contributed by atoms with E-state index in [2.05, 4.69) is 55.3 Å². The maximum absolute atomic E-state index is 14.9. The Hall–Kier alpha value is -4.67. The number of nitrogens with zero attached hydrogens (tertiary/aromatic N) is 3. The number of aliphatic imine (C=N–C) groups is 1. The number of likely N-dealkylation sites (N-methyl/N-ethyl adjacent to an activating group) is 1. The zero-order chi connectivity index (χ0) is 51.1. The predicted molar refractivity (Wildman–Crippen MR) is 268 cm³/mol. The molecule has 0 aromatic heterocycles. The van der Waals surface area contributed by atoms with E-state index in [0.29, 0.717) is 36.4 Å². The van der Waals surface area contributed by atoms with Gasteiger partial charge in [0.2, 0.25) is 11.7 Å². The lowest BCUT2D eigenvalue weighted by molar-refractivity contribution is -0.164. The third-order valence-electron chi connectivity index (χ3n) is 14.9. The SMILES string of the molecule is CO[C@H]1/C=C/O[C@@]2(C)Oc3c(C)c(O)c4c(c3C2=O)C2=NC3(CCN(CC(C)I)CC3)NC2=C(NC(=O)/C(C)=C\C=C\[C@H](C)[C@H](O)[C@@H](C)[C@@H](O)[C@@H](C)[C@H](OC(=O)CC(=O)NC2CCN(C)C2)[C@@H]1C)C4=O. The highest BCUT2D eigenvalue weighted by Gasteiger charge is 2.54. The predicted octanol–water partition coefficient (Wildman–Crippen LogP) is 3.97. The Bertz CT molecular complexity index is 2420. The summed E-state index contributed by atoms with van der Waals surface area (Å²) < 4.78 is 24.9. The minimum Gasteiger partial charge on any atom is -0.507 e. The van der Waals surface area contributed by atoms with E-state index in [0.717, 1.165) is 19.5 Å². The van der Waals surface area contributed by atoms with Crippen LogP contribution in [0.15, 0.2) is 52.5 Å². The van der Waals surface area contributed by atoms with Crippen molar-refractivity contribution in [2.45, 2.75) is 127 Å². The monoisotopic (exact) mass is 1080 g/mol. The van der Waals surface area contributed by atoms with Crippen molar-refractivity contribution in [3.8, 4) is 11.5 Å². The van der Waals surface area contributed by atoms with Gasteiger partial charge in [0.15, 0.2) is 0 Å². The first kappa shape index (κ1) is 53.1. The Kier molecular flexibility index (Phi) is 16.1. The molecule has 19 heteroatoms. The number of hydrogen-bond acceptors (Lipinski definition) is 16. The number of carbonyl (C=O) groups excluding carboxylic acids is 5. The van der Waals surface area contributed by atoms with Crippen LogP contribution in [0.5, 0.6) is 11.5 Å². The van der Waals surface area contributed by atoms with E-state index < -0.39 is 101 Å². The molecule has 1 aliphatic carbocycles. The second-order valence-corrected chi connectivity index (χ2v) is 22.4. The Labute approximate surface area is 423 Å². The number of phenols is 1. The van der Waals surface area contributed by atoms with E-state index in [1.54, 1.807) is 46.8 Å². The second kappa shape index (κ2) is 21.2. The molecule has 6 heterocycles. The first-order valence-corrected chi connectivity index (χ1v) is 25.5. The number of rotatable bonds is 7. The largest absolute Gasteiger partial charge is 0.507 e. The molecule has 0 saturated carbocycles. The van der Waals surface area contributed by atoms with Crippen LogP contribution in [0, 0.1) is 30.6 Å². The lowest BCUT2D eigenvalue weighted by Gasteiger charge is -2.38. The van der Waals surface area contributed by atoms with Gasteiger partial charge in [0.1, 0.15) is 35.4 Å². The number of benzene rings is 1. The van der Waals surface area contributed by atoms with Gasteiger partial charge in [-0.25, -0.2) is 0 Å². The number of likely N-dealkylation sites (tertiary alicyclic amines) is 2. The topological polar surface area (TPSA) is 238 Å². The van der Waals surface area contributed by atoms with Crippen LogP contribution in [0.2, 0.25) is 0 Å². The number of fused-ring (bicyclic) bond motifs is 13. The van der Waals surface area contributed by atoms with Crippen LogP contribution >= 0.6 is 22.6 Å². The number of methoxy groups -OCH3 is 1. The molecule has 2 saturated heterocycles. The highest BCUT2D eigenvalue weighted by Crippen LogP contribution is 2.50. The summed E-state index contributed by atoms with van der Waals surface area (Å²) in [5.41, 5.74) is -0.402. The molecule has 70 heavy (non-hydrogen) atoms. The number of esters is 1. The van der Waals surface area contributed by atoms with E-state index in [1.807, 2.05) is 7.05 Å². The Morgan fingerprint density at radius 2 is 1.70 bits per heavy atom. The number of amides is 2. The standard InChI is InChI=1S/C51H69IN6O12/c1-25-12-11-13-26(2)49(66)54-41-40-39(55-51(56-40)16-19-58(20-17-51)23-27(3)52)36-37(45(41)64)44(63)31(7)47-38(36)48(65)50(8,70-47)68-21-15-33(67-10)28(4)46(30(6)43(62)29(5)42(25)61)69-35(60)22-34(59)53-32-14-18-57(9)24-32/h11-13,15,21,25,27-30,32-33,42-43,46,56,61-63H,14,16-20,22-24H2,1-10H3,(H,53,59)(H,54,66)/b12-11+,21-15+,26-13-/t25-,27?,28+,29+,30+,32?,33-,42-,43+,46+,50-/m0/s1. The summed E-state index contributed by atoms with van der Waals surface area (Å²) in [6, 6.07) is -0.103. The minimum atomic E-state index is -2.03. The van der Waals surface area contributed by atoms with E-state index >= 15 is 0 Å². The second-order valence-electron chi connectivity index (χ2n) is 20.3. The average Bonchev–Trinajstić information content (AvgIpc) is 3.98. The van der Waals surface area contributed by atoms with Crippen molar-refractivity contribution in [1.82, 2.24) is 25.8 Å². The number of ketones is 2. The quantitative estimate of drug-likeness (QED) is 0.0981. The van der Waals surface area contributed by atoms with Gasteiger partial charge >= 0.3 is 11.8 Å². The van der Waals surface area contributed by atoms with E-state index in [4.69, 9.17) is 23.9 Å². The Morgan fingerprint density at radius 1 is 1.00 bits per heavy atom. The number of piperidine rings is 1.